The molecular weight excluding hydrogens is 261 g/mol. The molecule has 1 aliphatic carbocycles. The van der Waals surface area contributed by atoms with Gasteiger partial charge in [-0.25, -0.2) is 0 Å². The van der Waals surface area contributed by atoms with Gasteiger partial charge in [0.2, 0.25) is 0 Å². The summed E-state index contributed by atoms with van der Waals surface area (Å²) in [5.41, 5.74) is -1.46. The summed E-state index contributed by atoms with van der Waals surface area (Å²) < 4.78 is 37.5. The van der Waals surface area contributed by atoms with Crippen molar-refractivity contribution in [2.75, 3.05) is 5.32 Å². The zero-order valence-corrected chi connectivity index (χ0v) is 9.78. The first-order chi connectivity index (χ1) is 8.88. The Hall–Kier alpha value is -2.05. The Bertz CT molecular complexity index is 518. The molecule has 0 heterocycles. The van der Waals surface area contributed by atoms with E-state index in [2.05, 4.69) is 5.32 Å². The Morgan fingerprint density at radius 3 is 2.42 bits per heavy atom. The average molecular weight is 272 g/mol. The quantitative estimate of drug-likeness (QED) is 0.518. The molecule has 0 atom stereocenters. The van der Waals surface area contributed by atoms with Crippen molar-refractivity contribution < 1.29 is 18.1 Å². The van der Waals surface area contributed by atoms with Crippen molar-refractivity contribution in [3.63, 3.8) is 0 Å². The third-order valence-corrected chi connectivity index (χ3v) is 2.89. The van der Waals surface area contributed by atoms with Gasteiger partial charge in [0, 0.05) is 12.1 Å². The Balaban J connectivity index is 2.30. The van der Waals surface area contributed by atoms with E-state index in [1.807, 2.05) is 12.2 Å². The van der Waals surface area contributed by atoms with Crippen LogP contribution in [0.15, 0.2) is 30.4 Å². The van der Waals surface area contributed by atoms with E-state index >= 15 is 0 Å². The number of benzene rings is 1. The number of alkyl halides is 3. The molecule has 0 spiro atoms. The van der Waals surface area contributed by atoms with E-state index in [9.17, 15) is 23.3 Å². The van der Waals surface area contributed by atoms with Crippen molar-refractivity contribution in [1.82, 2.24) is 0 Å². The minimum Gasteiger partial charge on any atom is -0.376 e. The summed E-state index contributed by atoms with van der Waals surface area (Å²) >= 11 is 0. The van der Waals surface area contributed by atoms with Crippen LogP contribution >= 0.6 is 0 Å². The molecule has 2 rings (SSSR count). The third-order valence-electron chi connectivity index (χ3n) is 2.89. The van der Waals surface area contributed by atoms with Gasteiger partial charge < -0.3 is 5.32 Å². The van der Waals surface area contributed by atoms with Crippen LogP contribution in [0.3, 0.4) is 0 Å². The first kappa shape index (κ1) is 13.4. The number of nitro benzene ring substituents is 1. The van der Waals surface area contributed by atoms with Crippen LogP contribution in [-0.4, -0.2) is 11.0 Å². The standard InChI is InChI=1S/C12H11F3N2O2/c13-12(14,15)8-5-6-10(11(7-8)17(18)19)16-9-3-1-2-4-9/h1-2,5-7,9,16H,3-4H2. The zero-order valence-electron chi connectivity index (χ0n) is 9.78. The van der Waals surface area contributed by atoms with Crippen LogP contribution in [0.4, 0.5) is 24.5 Å². The predicted molar refractivity (Wildman–Crippen MR) is 63.9 cm³/mol. The fraction of sp³-hybridized carbons (Fsp3) is 0.333. The van der Waals surface area contributed by atoms with Gasteiger partial charge in [-0.2, -0.15) is 13.2 Å². The normalized spacial score (nSPS) is 15.7. The number of hydrogen-bond acceptors (Lipinski definition) is 3. The Labute approximate surface area is 107 Å². The lowest BCUT2D eigenvalue weighted by Gasteiger charge is -2.15. The highest BCUT2D eigenvalue weighted by atomic mass is 19.4. The number of hydrogen-bond donors (Lipinski definition) is 1. The lowest BCUT2D eigenvalue weighted by Crippen LogP contribution is -2.16. The van der Waals surface area contributed by atoms with E-state index in [0.29, 0.717) is 18.9 Å². The number of nitrogens with zero attached hydrogens (tertiary/aromatic N) is 1. The molecule has 0 aliphatic heterocycles. The number of rotatable bonds is 3. The van der Waals surface area contributed by atoms with Gasteiger partial charge in [0.25, 0.3) is 5.69 Å². The first-order valence-electron chi connectivity index (χ1n) is 5.65. The maximum absolute atomic E-state index is 12.5. The summed E-state index contributed by atoms with van der Waals surface area (Å²) in [6.45, 7) is 0. The van der Waals surface area contributed by atoms with Gasteiger partial charge in [-0.05, 0) is 25.0 Å². The third kappa shape index (κ3) is 3.04. The van der Waals surface area contributed by atoms with Crippen molar-refractivity contribution in [3.05, 3.63) is 46.0 Å². The van der Waals surface area contributed by atoms with Crippen molar-refractivity contribution in [2.24, 2.45) is 0 Å². The number of nitrogens with one attached hydrogen (secondary N) is 1. The summed E-state index contributed by atoms with van der Waals surface area (Å²) in [5, 5.41) is 13.8. The first-order valence-corrected chi connectivity index (χ1v) is 5.65. The minimum absolute atomic E-state index is 0.00423. The molecule has 102 valence electrons. The molecule has 4 nitrogen and oxygen atoms in total. The van der Waals surface area contributed by atoms with Crippen LogP contribution < -0.4 is 5.32 Å². The molecule has 0 radical (unpaired) electrons. The van der Waals surface area contributed by atoms with Crippen LogP contribution in [0.1, 0.15) is 18.4 Å². The van der Waals surface area contributed by atoms with Gasteiger partial charge in [0.1, 0.15) is 5.69 Å². The number of anilines is 1. The van der Waals surface area contributed by atoms with Crippen LogP contribution in [0, 0.1) is 10.1 Å². The van der Waals surface area contributed by atoms with E-state index in [0.717, 1.165) is 12.1 Å². The molecule has 0 fully saturated rings. The molecule has 19 heavy (non-hydrogen) atoms. The molecular formula is C12H11F3N2O2. The Morgan fingerprint density at radius 2 is 1.89 bits per heavy atom. The van der Waals surface area contributed by atoms with Gasteiger partial charge in [-0.15, -0.1) is 0 Å². The maximum atomic E-state index is 12.5. The SMILES string of the molecule is O=[N+]([O-])c1cc(C(F)(F)F)ccc1NC1CC=CC1. The van der Waals surface area contributed by atoms with Crippen LogP contribution in [0.2, 0.25) is 0 Å². The number of halogens is 3. The van der Waals surface area contributed by atoms with Crippen LogP contribution in [0.25, 0.3) is 0 Å². The molecule has 1 aromatic carbocycles. The van der Waals surface area contributed by atoms with Gasteiger partial charge in [-0.3, -0.25) is 10.1 Å². The highest BCUT2D eigenvalue weighted by molar-refractivity contribution is 5.63. The molecule has 1 aliphatic rings. The fourth-order valence-corrected chi connectivity index (χ4v) is 1.94. The van der Waals surface area contributed by atoms with Gasteiger partial charge in [-0.1, -0.05) is 12.2 Å². The second kappa shape index (κ2) is 4.91. The summed E-state index contributed by atoms with van der Waals surface area (Å²) in [6, 6.07) is 2.51. The lowest BCUT2D eigenvalue weighted by molar-refractivity contribution is -0.384. The van der Waals surface area contributed by atoms with Gasteiger partial charge in [0.05, 0.1) is 10.5 Å². The smallest absolute Gasteiger partial charge is 0.376 e. The molecule has 7 heteroatoms. The molecule has 0 unspecified atom stereocenters. The van der Waals surface area contributed by atoms with E-state index in [1.165, 1.54) is 0 Å². The second-order valence-corrected chi connectivity index (χ2v) is 4.27. The highest BCUT2D eigenvalue weighted by Gasteiger charge is 2.33. The second-order valence-electron chi connectivity index (χ2n) is 4.27. The van der Waals surface area contributed by atoms with Crippen molar-refractivity contribution >= 4 is 11.4 Å². The highest BCUT2D eigenvalue weighted by Crippen LogP contribution is 2.35. The largest absolute Gasteiger partial charge is 0.416 e. The molecule has 0 saturated carbocycles. The summed E-state index contributed by atoms with van der Waals surface area (Å²) in [6.07, 6.45) is 0.676. The van der Waals surface area contributed by atoms with Gasteiger partial charge in [0.15, 0.2) is 0 Å². The Morgan fingerprint density at radius 1 is 1.26 bits per heavy atom. The fourth-order valence-electron chi connectivity index (χ4n) is 1.94. The van der Waals surface area contributed by atoms with Crippen molar-refractivity contribution in [1.29, 1.82) is 0 Å². The van der Waals surface area contributed by atoms with E-state index in [-0.39, 0.29) is 11.7 Å². The molecule has 0 saturated heterocycles. The van der Waals surface area contributed by atoms with E-state index < -0.39 is 22.4 Å². The molecule has 0 aromatic heterocycles. The molecule has 1 N–H and O–H groups in total. The summed E-state index contributed by atoms with van der Waals surface area (Å²) in [7, 11) is 0. The predicted octanol–water partition coefficient (Wildman–Crippen LogP) is 3.74. The summed E-state index contributed by atoms with van der Waals surface area (Å²) in [4.78, 5) is 10.1. The van der Waals surface area contributed by atoms with Crippen molar-refractivity contribution in [2.45, 2.75) is 25.1 Å². The van der Waals surface area contributed by atoms with E-state index in [1.54, 1.807) is 0 Å². The lowest BCUT2D eigenvalue weighted by atomic mass is 10.1. The minimum atomic E-state index is -4.59. The Kier molecular flexibility index (Phi) is 3.46. The van der Waals surface area contributed by atoms with E-state index in [4.69, 9.17) is 0 Å². The van der Waals surface area contributed by atoms with Crippen LogP contribution in [0.5, 0.6) is 0 Å². The molecule has 0 amide bonds. The zero-order chi connectivity index (χ0) is 14.0. The maximum Gasteiger partial charge on any atom is 0.416 e. The molecule has 1 aromatic rings. The van der Waals surface area contributed by atoms with Crippen LogP contribution in [-0.2, 0) is 6.18 Å². The molecule has 0 bridgehead atoms. The summed E-state index contributed by atoms with van der Waals surface area (Å²) in [5.74, 6) is 0. The average Bonchev–Trinajstić information content (AvgIpc) is 2.80. The monoisotopic (exact) mass is 272 g/mol. The topological polar surface area (TPSA) is 55.2 Å². The number of nitro groups is 1. The van der Waals surface area contributed by atoms with Gasteiger partial charge >= 0.3 is 6.18 Å². The van der Waals surface area contributed by atoms with Crippen molar-refractivity contribution in [3.8, 4) is 0 Å².